The summed E-state index contributed by atoms with van der Waals surface area (Å²) in [6.45, 7) is 2.97. The quantitative estimate of drug-likeness (QED) is 0.781. The summed E-state index contributed by atoms with van der Waals surface area (Å²) in [6, 6.07) is 8.85. The van der Waals surface area contributed by atoms with E-state index >= 15 is 0 Å². The minimum absolute atomic E-state index is 0.321. The van der Waals surface area contributed by atoms with Crippen LogP contribution in [-0.4, -0.2) is 32.5 Å². The number of hydrogen-bond acceptors (Lipinski definition) is 3. The van der Waals surface area contributed by atoms with E-state index in [4.69, 9.17) is 0 Å². The third kappa shape index (κ3) is 2.60. The minimum atomic E-state index is 0.321. The SMILES string of the molecule is CC1CC(=O)CCN1c1ccc(N(C)C)cc1. The lowest BCUT2D eigenvalue weighted by atomic mass is 10.0. The van der Waals surface area contributed by atoms with Crippen LogP contribution >= 0.6 is 0 Å². The molecule has 1 atom stereocenters. The fourth-order valence-corrected chi connectivity index (χ4v) is 2.33. The zero-order valence-corrected chi connectivity index (χ0v) is 10.8. The summed E-state index contributed by atoms with van der Waals surface area (Å²) >= 11 is 0. The topological polar surface area (TPSA) is 23.6 Å². The Morgan fingerprint density at radius 2 is 1.88 bits per heavy atom. The zero-order chi connectivity index (χ0) is 12.4. The van der Waals surface area contributed by atoms with Crippen LogP contribution in [0.15, 0.2) is 24.3 Å². The normalized spacial score (nSPS) is 20.5. The van der Waals surface area contributed by atoms with E-state index in [1.807, 2.05) is 14.1 Å². The van der Waals surface area contributed by atoms with Crippen molar-refractivity contribution in [1.29, 1.82) is 0 Å². The third-order valence-corrected chi connectivity index (χ3v) is 3.38. The number of rotatable bonds is 2. The van der Waals surface area contributed by atoms with Crippen LogP contribution in [0.3, 0.4) is 0 Å². The molecule has 3 heteroatoms. The fourth-order valence-electron chi connectivity index (χ4n) is 2.33. The molecule has 0 bridgehead atoms. The number of Topliss-reactive ketones (excluding diaryl/α,β-unsaturated/α-hetero) is 1. The molecule has 0 radical (unpaired) electrons. The lowest BCUT2D eigenvalue weighted by molar-refractivity contribution is -0.120. The van der Waals surface area contributed by atoms with Gasteiger partial charge in [-0.2, -0.15) is 0 Å². The summed E-state index contributed by atoms with van der Waals surface area (Å²) in [7, 11) is 4.08. The van der Waals surface area contributed by atoms with Crippen molar-refractivity contribution in [2.75, 3.05) is 30.4 Å². The number of anilines is 2. The van der Waals surface area contributed by atoms with Gasteiger partial charge < -0.3 is 9.80 Å². The van der Waals surface area contributed by atoms with E-state index in [1.165, 1.54) is 11.4 Å². The van der Waals surface area contributed by atoms with Crippen molar-refractivity contribution in [3.05, 3.63) is 24.3 Å². The Hall–Kier alpha value is -1.51. The molecule has 92 valence electrons. The number of carbonyl (C=O) groups is 1. The first-order valence-corrected chi connectivity index (χ1v) is 6.13. The van der Waals surface area contributed by atoms with E-state index in [2.05, 4.69) is 41.0 Å². The van der Waals surface area contributed by atoms with Gasteiger partial charge in [0.2, 0.25) is 0 Å². The first kappa shape index (κ1) is 12.0. The molecule has 2 rings (SSSR count). The van der Waals surface area contributed by atoms with Crippen molar-refractivity contribution < 1.29 is 4.79 Å². The van der Waals surface area contributed by atoms with Crippen LogP contribution in [0.4, 0.5) is 11.4 Å². The molecule has 1 aromatic rings. The Morgan fingerprint density at radius 1 is 1.24 bits per heavy atom. The van der Waals surface area contributed by atoms with Gasteiger partial charge in [-0.3, -0.25) is 4.79 Å². The number of ketones is 1. The number of benzene rings is 1. The van der Waals surface area contributed by atoms with Gasteiger partial charge >= 0.3 is 0 Å². The van der Waals surface area contributed by atoms with Crippen LogP contribution in [0.2, 0.25) is 0 Å². The lowest BCUT2D eigenvalue weighted by Gasteiger charge is -2.34. The summed E-state index contributed by atoms with van der Waals surface area (Å²) in [5, 5.41) is 0. The molecule has 0 spiro atoms. The molecule has 0 aliphatic carbocycles. The van der Waals surface area contributed by atoms with E-state index in [1.54, 1.807) is 0 Å². The predicted molar refractivity (Wildman–Crippen MR) is 71.8 cm³/mol. The number of nitrogens with zero attached hydrogens (tertiary/aromatic N) is 2. The highest BCUT2D eigenvalue weighted by atomic mass is 16.1. The monoisotopic (exact) mass is 232 g/mol. The molecule has 1 aromatic carbocycles. The van der Waals surface area contributed by atoms with Gasteiger partial charge in [0.1, 0.15) is 5.78 Å². The Labute approximate surface area is 103 Å². The lowest BCUT2D eigenvalue weighted by Crippen LogP contribution is -2.41. The fraction of sp³-hybridized carbons (Fsp3) is 0.500. The van der Waals surface area contributed by atoms with E-state index in [-0.39, 0.29) is 0 Å². The van der Waals surface area contributed by atoms with Gasteiger partial charge in [-0.25, -0.2) is 0 Å². The molecule has 0 saturated carbocycles. The third-order valence-electron chi connectivity index (χ3n) is 3.38. The van der Waals surface area contributed by atoms with Crippen molar-refractivity contribution in [3.63, 3.8) is 0 Å². The molecule has 1 heterocycles. The van der Waals surface area contributed by atoms with Crippen molar-refractivity contribution in [2.24, 2.45) is 0 Å². The van der Waals surface area contributed by atoms with Crippen LogP contribution in [0.25, 0.3) is 0 Å². The molecule has 1 aliphatic rings. The van der Waals surface area contributed by atoms with E-state index in [0.717, 1.165) is 6.54 Å². The van der Waals surface area contributed by atoms with Crippen LogP contribution in [0, 0.1) is 0 Å². The molecule has 0 amide bonds. The molecule has 0 N–H and O–H groups in total. The molecule has 17 heavy (non-hydrogen) atoms. The van der Waals surface area contributed by atoms with Crippen molar-refractivity contribution in [2.45, 2.75) is 25.8 Å². The number of hydrogen-bond donors (Lipinski definition) is 0. The molecule has 3 nitrogen and oxygen atoms in total. The van der Waals surface area contributed by atoms with E-state index < -0.39 is 0 Å². The van der Waals surface area contributed by atoms with Crippen molar-refractivity contribution in [3.8, 4) is 0 Å². The highest BCUT2D eigenvalue weighted by Gasteiger charge is 2.23. The van der Waals surface area contributed by atoms with Crippen LogP contribution in [0.5, 0.6) is 0 Å². The standard InChI is InChI=1S/C14H20N2O/c1-11-10-14(17)8-9-16(11)13-6-4-12(5-7-13)15(2)3/h4-7,11H,8-10H2,1-3H3. The van der Waals surface area contributed by atoms with Crippen molar-refractivity contribution >= 4 is 17.2 Å². The average molecular weight is 232 g/mol. The van der Waals surface area contributed by atoms with Gasteiger partial charge in [0.05, 0.1) is 0 Å². The average Bonchev–Trinajstić information content (AvgIpc) is 2.29. The molecule has 1 saturated heterocycles. The maximum absolute atomic E-state index is 11.4. The number of carbonyl (C=O) groups excluding carboxylic acids is 1. The zero-order valence-electron chi connectivity index (χ0n) is 10.8. The summed E-state index contributed by atoms with van der Waals surface area (Å²) in [5.74, 6) is 0.388. The molecular formula is C14H20N2O. The molecular weight excluding hydrogens is 212 g/mol. The Kier molecular flexibility index (Phi) is 3.36. The van der Waals surface area contributed by atoms with Crippen LogP contribution < -0.4 is 9.80 Å². The highest BCUT2D eigenvalue weighted by Crippen LogP contribution is 2.25. The number of piperidine rings is 1. The highest BCUT2D eigenvalue weighted by molar-refractivity contribution is 5.81. The maximum atomic E-state index is 11.4. The second-order valence-corrected chi connectivity index (χ2v) is 4.95. The predicted octanol–water partition coefficient (Wildman–Crippen LogP) is 2.31. The van der Waals surface area contributed by atoms with E-state index in [9.17, 15) is 4.79 Å². The second-order valence-electron chi connectivity index (χ2n) is 4.95. The Bertz CT molecular complexity index is 397. The van der Waals surface area contributed by atoms with Gasteiger partial charge in [0.15, 0.2) is 0 Å². The summed E-state index contributed by atoms with van der Waals surface area (Å²) in [6.07, 6.45) is 1.36. The summed E-state index contributed by atoms with van der Waals surface area (Å²) < 4.78 is 0. The smallest absolute Gasteiger partial charge is 0.136 e. The largest absolute Gasteiger partial charge is 0.378 e. The Balaban J connectivity index is 2.14. The van der Waals surface area contributed by atoms with Gasteiger partial charge in [-0.05, 0) is 31.2 Å². The minimum Gasteiger partial charge on any atom is -0.378 e. The first-order valence-electron chi connectivity index (χ1n) is 6.13. The second kappa shape index (κ2) is 4.78. The first-order chi connectivity index (χ1) is 8.08. The molecule has 1 fully saturated rings. The van der Waals surface area contributed by atoms with Crippen molar-refractivity contribution in [1.82, 2.24) is 0 Å². The van der Waals surface area contributed by atoms with Gasteiger partial charge in [-0.15, -0.1) is 0 Å². The van der Waals surface area contributed by atoms with Gasteiger partial charge in [-0.1, -0.05) is 0 Å². The molecule has 1 unspecified atom stereocenters. The molecule has 0 aromatic heterocycles. The van der Waals surface area contributed by atoms with Crippen LogP contribution in [0.1, 0.15) is 19.8 Å². The summed E-state index contributed by atoms with van der Waals surface area (Å²) in [5.41, 5.74) is 2.42. The summed E-state index contributed by atoms with van der Waals surface area (Å²) in [4.78, 5) is 15.8. The Morgan fingerprint density at radius 3 is 2.41 bits per heavy atom. The van der Waals surface area contributed by atoms with E-state index in [0.29, 0.717) is 24.7 Å². The van der Waals surface area contributed by atoms with Gasteiger partial charge in [0.25, 0.3) is 0 Å². The van der Waals surface area contributed by atoms with Gasteiger partial charge in [0, 0.05) is 50.9 Å². The van der Waals surface area contributed by atoms with Crippen LogP contribution in [-0.2, 0) is 4.79 Å². The maximum Gasteiger partial charge on any atom is 0.136 e. The molecule has 1 aliphatic heterocycles.